The number of hydrogen-bond donors (Lipinski definition) is 2. The van der Waals surface area contributed by atoms with Crippen LogP contribution in [0.4, 0.5) is 5.13 Å². The molecular formula is C22H20ClN5O2S. The fraction of sp³-hybridized carbons (Fsp3) is 0.182. The Hall–Kier alpha value is -3.23. The van der Waals surface area contributed by atoms with Gasteiger partial charge in [-0.15, -0.1) is 0 Å². The second-order valence-corrected chi connectivity index (χ2v) is 8.00. The van der Waals surface area contributed by atoms with Gasteiger partial charge in [-0.2, -0.15) is 9.98 Å². The first-order chi connectivity index (χ1) is 15.1. The summed E-state index contributed by atoms with van der Waals surface area (Å²) in [6.45, 7) is 2.90. The zero-order valence-electron chi connectivity index (χ0n) is 17.0. The molecule has 3 aromatic rings. The Kier molecular flexibility index (Phi) is 6.29. The van der Waals surface area contributed by atoms with Gasteiger partial charge in [0.25, 0.3) is 0 Å². The molecule has 0 spiro atoms. The number of fused-ring (bicyclic) bond motifs is 1. The number of aromatic nitrogens is 1. The summed E-state index contributed by atoms with van der Waals surface area (Å²) in [4.78, 5) is 17.7. The van der Waals surface area contributed by atoms with Crippen LogP contribution in [0.3, 0.4) is 0 Å². The summed E-state index contributed by atoms with van der Waals surface area (Å²) in [5, 5.41) is 16.4. The minimum absolute atomic E-state index is 0.0341. The van der Waals surface area contributed by atoms with Crippen LogP contribution in [0.5, 0.6) is 5.88 Å². The van der Waals surface area contributed by atoms with Crippen molar-refractivity contribution >= 4 is 46.0 Å². The number of aromatic hydroxyl groups is 1. The maximum Gasteiger partial charge on any atom is 0.248 e. The van der Waals surface area contributed by atoms with E-state index in [2.05, 4.69) is 25.3 Å². The minimum Gasteiger partial charge on any atom is -0.492 e. The molecular weight excluding hydrogens is 434 g/mol. The Morgan fingerprint density at radius 2 is 2.06 bits per heavy atom. The van der Waals surface area contributed by atoms with Crippen LogP contribution in [0.1, 0.15) is 22.9 Å². The van der Waals surface area contributed by atoms with Crippen molar-refractivity contribution in [2.45, 2.75) is 13.5 Å². The van der Waals surface area contributed by atoms with E-state index in [0.29, 0.717) is 40.0 Å². The highest BCUT2D eigenvalue weighted by molar-refractivity contribution is 7.16. The lowest BCUT2D eigenvalue weighted by Crippen LogP contribution is -2.27. The molecule has 0 saturated heterocycles. The Morgan fingerprint density at radius 1 is 1.23 bits per heavy atom. The average molecular weight is 454 g/mol. The quantitative estimate of drug-likeness (QED) is 0.619. The van der Waals surface area contributed by atoms with Crippen LogP contribution in [-0.2, 0) is 11.3 Å². The molecule has 158 valence electrons. The molecule has 0 atom stereocenters. The minimum atomic E-state index is -0.0341. The number of guanidine groups is 1. The molecule has 0 unspecified atom stereocenters. The Balaban J connectivity index is 1.62. The van der Waals surface area contributed by atoms with Gasteiger partial charge in [0.05, 0.1) is 22.4 Å². The molecule has 0 radical (unpaired) electrons. The van der Waals surface area contributed by atoms with Crippen molar-refractivity contribution in [2.24, 2.45) is 15.0 Å². The van der Waals surface area contributed by atoms with E-state index in [1.165, 1.54) is 11.3 Å². The Bertz CT molecular complexity index is 1300. The summed E-state index contributed by atoms with van der Waals surface area (Å²) in [5.41, 5.74) is 1.74. The lowest BCUT2D eigenvalue weighted by molar-refractivity contribution is 0.328. The van der Waals surface area contributed by atoms with E-state index in [-0.39, 0.29) is 5.88 Å². The molecule has 2 heterocycles. The van der Waals surface area contributed by atoms with Gasteiger partial charge in [-0.05, 0) is 42.0 Å². The number of nitrogens with one attached hydrogen (secondary N) is 1. The van der Waals surface area contributed by atoms with Crippen molar-refractivity contribution in [3.8, 4) is 5.88 Å². The fourth-order valence-corrected chi connectivity index (χ4v) is 4.02. The van der Waals surface area contributed by atoms with Crippen molar-refractivity contribution in [1.29, 1.82) is 0 Å². The third-order valence-electron chi connectivity index (χ3n) is 4.47. The summed E-state index contributed by atoms with van der Waals surface area (Å²) in [6.07, 6.45) is 1.86. The molecule has 9 heteroatoms. The van der Waals surface area contributed by atoms with Crippen molar-refractivity contribution in [1.82, 2.24) is 4.98 Å². The standard InChI is InChI=1S/C22H20ClN5O2S/c1-3-30-20-15-10-13(8-9-17(15)26-21(24-2)28-20)11-18-19(29)27-22(31-18)25-12-14-6-4-5-7-16(14)23/h4-11,29H,3,12H2,1-2H3,(H,25,27)/b13-11-,24-21?. The number of nitrogens with zero attached hydrogens (tertiary/aromatic N) is 4. The Morgan fingerprint density at radius 3 is 2.84 bits per heavy atom. The second kappa shape index (κ2) is 9.28. The van der Waals surface area contributed by atoms with E-state index in [1.807, 2.05) is 55.5 Å². The maximum absolute atomic E-state index is 10.3. The topological polar surface area (TPSA) is 91.5 Å². The van der Waals surface area contributed by atoms with Gasteiger partial charge in [-0.25, -0.2) is 4.99 Å². The molecule has 0 aliphatic carbocycles. The highest BCUT2D eigenvalue weighted by Crippen LogP contribution is 2.29. The van der Waals surface area contributed by atoms with Crippen LogP contribution in [-0.4, -0.2) is 35.6 Å². The van der Waals surface area contributed by atoms with Crippen molar-refractivity contribution < 1.29 is 9.84 Å². The van der Waals surface area contributed by atoms with Gasteiger partial charge in [0, 0.05) is 18.6 Å². The lowest BCUT2D eigenvalue weighted by Gasteiger charge is -2.11. The van der Waals surface area contributed by atoms with Gasteiger partial charge in [-0.3, -0.25) is 4.99 Å². The molecule has 1 aromatic heterocycles. The highest BCUT2D eigenvalue weighted by atomic mass is 35.5. The van der Waals surface area contributed by atoms with Gasteiger partial charge in [-0.1, -0.05) is 47.2 Å². The molecule has 1 aliphatic rings. The number of ether oxygens (including phenoxy) is 1. The van der Waals surface area contributed by atoms with Crippen LogP contribution in [0.15, 0.2) is 57.4 Å². The smallest absolute Gasteiger partial charge is 0.248 e. The molecule has 0 saturated carbocycles. The number of hydrogen-bond acceptors (Lipinski definition) is 6. The van der Waals surface area contributed by atoms with Crippen molar-refractivity contribution in [3.05, 3.63) is 74.1 Å². The van der Waals surface area contributed by atoms with Gasteiger partial charge in [0.15, 0.2) is 5.13 Å². The lowest BCUT2D eigenvalue weighted by atomic mass is 10.1. The average Bonchev–Trinajstić information content (AvgIpc) is 3.12. The molecule has 4 rings (SSSR count). The first-order valence-corrected chi connectivity index (χ1v) is 10.8. The third-order valence-corrected chi connectivity index (χ3v) is 5.79. The van der Waals surface area contributed by atoms with E-state index < -0.39 is 0 Å². The number of anilines is 1. The molecule has 2 N–H and O–H groups in total. The summed E-state index contributed by atoms with van der Waals surface area (Å²) in [6, 6.07) is 13.3. The molecule has 0 fully saturated rings. The summed E-state index contributed by atoms with van der Waals surface area (Å²) < 4.78 is 5.67. The monoisotopic (exact) mass is 453 g/mol. The van der Waals surface area contributed by atoms with E-state index >= 15 is 0 Å². The maximum atomic E-state index is 10.3. The fourth-order valence-electron chi connectivity index (χ4n) is 3.00. The van der Waals surface area contributed by atoms with E-state index in [9.17, 15) is 5.11 Å². The molecule has 7 nitrogen and oxygen atoms in total. The zero-order valence-corrected chi connectivity index (χ0v) is 18.5. The zero-order chi connectivity index (χ0) is 21.8. The predicted octanol–water partition coefficient (Wildman–Crippen LogP) is 3.35. The van der Waals surface area contributed by atoms with Gasteiger partial charge in [0.1, 0.15) is 0 Å². The van der Waals surface area contributed by atoms with Crippen molar-refractivity contribution in [3.63, 3.8) is 0 Å². The Labute approximate surface area is 188 Å². The van der Waals surface area contributed by atoms with E-state index in [0.717, 1.165) is 21.7 Å². The van der Waals surface area contributed by atoms with Crippen LogP contribution in [0.2, 0.25) is 5.02 Å². The number of thiazole rings is 1. The number of rotatable bonds is 5. The predicted molar refractivity (Wildman–Crippen MR) is 125 cm³/mol. The van der Waals surface area contributed by atoms with Crippen LogP contribution < -0.4 is 15.9 Å². The van der Waals surface area contributed by atoms with E-state index in [1.54, 1.807) is 7.05 Å². The van der Waals surface area contributed by atoms with Crippen molar-refractivity contribution in [2.75, 3.05) is 19.0 Å². The molecule has 0 bridgehead atoms. The van der Waals surface area contributed by atoms with E-state index in [4.69, 9.17) is 16.3 Å². The van der Waals surface area contributed by atoms with Crippen LogP contribution in [0.25, 0.3) is 6.08 Å². The molecule has 1 aliphatic heterocycles. The second-order valence-electron chi connectivity index (χ2n) is 6.56. The SMILES string of the molecule is CCOC1=NC(=NC)N=c2cc/c(=C/c3sc(NCc4ccccc4Cl)nc3O)cc21. The van der Waals surface area contributed by atoms with Crippen LogP contribution in [0, 0.1) is 0 Å². The number of benzene rings is 2. The number of halogens is 1. The molecule has 2 aromatic carbocycles. The normalized spacial score (nSPS) is 14.7. The summed E-state index contributed by atoms with van der Waals surface area (Å²) >= 11 is 7.55. The molecule has 0 amide bonds. The van der Waals surface area contributed by atoms with Crippen LogP contribution >= 0.6 is 22.9 Å². The summed E-state index contributed by atoms with van der Waals surface area (Å²) in [5.74, 6) is 0.828. The first kappa shape index (κ1) is 21.0. The third kappa shape index (κ3) is 4.76. The largest absolute Gasteiger partial charge is 0.492 e. The van der Waals surface area contributed by atoms with Gasteiger partial charge < -0.3 is 15.2 Å². The van der Waals surface area contributed by atoms with Gasteiger partial charge in [0.2, 0.25) is 17.7 Å². The molecule has 31 heavy (non-hydrogen) atoms. The number of aliphatic imine (C=N–C) groups is 2. The summed E-state index contributed by atoms with van der Waals surface area (Å²) in [7, 11) is 1.64. The highest BCUT2D eigenvalue weighted by Gasteiger charge is 2.15. The first-order valence-electron chi connectivity index (χ1n) is 9.63. The van der Waals surface area contributed by atoms with Gasteiger partial charge >= 0.3 is 0 Å².